The molecular formula is H6O7P2V2Zn2-10. The molecule has 0 saturated heterocycles. The van der Waals surface area contributed by atoms with Crippen LogP contribution in [-0.4, -0.2) is 0 Å². The summed E-state index contributed by atoms with van der Waals surface area (Å²) in [6.07, 6.45) is 0. The molecule has 0 heterocycles. The average molecular weight is 413 g/mol. The fourth-order valence-electron chi connectivity index (χ4n) is 0. The van der Waals surface area contributed by atoms with E-state index in [2.05, 4.69) is 0 Å². The molecule has 0 amide bonds. The average Bonchev–Trinajstić information content (AvgIpc) is 0. The van der Waals surface area contributed by atoms with Crippen molar-refractivity contribution < 1.29 is 114 Å². The Morgan fingerprint density at radius 2 is 0.308 bits per heavy atom. The van der Waals surface area contributed by atoms with E-state index < -0.39 is 0 Å². The summed E-state index contributed by atoms with van der Waals surface area (Å²) in [6, 6.07) is 0. The molecule has 0 aromatic heterocycles. The first kappa shape index (κ1) is 401. The van der Waals surface area contributed by atoms with Crippen LogP contribution in [0.1, 0.15) is 0 Å². The summed E-state index contributed by atoms with van der Waals surface area (Å²) < 4.78 is 0. The Bertz CT molecular complexity index is 22.5. The fourth-order valence-corrected chi connectivity index (χ4v) is 0. The van der Waals surface area contributed by atoms with Crippen LogP contribution in [-0.2, 0) is 114 Å². The second-order valence-corrected chi connectivity index (χ2v) is 0. The molecule has 0 saturated carbocycles. The third kappa shape index (κ3) is 282. The van der Waals surface area contributed by atoms with Crippen molar-refractivity contribution in [1.82, 2.24) is 0 Å². The first-order valence-electron chi connectivity index (χ1n) is 0. The molecule has 0 fully saturated rings. The summed E-state index contributed by atoms with van der Waals surface area (Å²) in [4.78, 5) is 0. The van der Waals surface area contributed by atoms with E-state index in [1.165, 1.54) is 0 Å². The summed E-state index contributed by atoms with van der Waals surface area (Å²) in [6.45, 7) is 0. The maximum atomic E-state index is 0. The molecule has 0 aromatic carbocycles. The summed E-state index contributed by atoms with van der Waals surface area (Å²) in [5.41, 5.74) is 0. The van der Waals surface area contributed by atoms with Crippen LogP contribution in [0.25, 0.3) is 0 Å². The van der Waals surface area contributed by atoms with Crippen molar-refractivity contribution in [1.29, 1.82) is 0 Å². The van der Waals surface area contributed by atoms with E-state index in [1.54, 1.807) is 0 Å². The first-order chi connectivity index (χ1) is 0. The van der Waals surface area contributed by atoms with E-state index >= 15 is 0 Å². The van der Waals surface area contributed by atoms with Gasteiger partial charge in [-0.25, -0.2) is 0 Å². The number of rotatable bonds is 0. The van der Waals surface area contributed by atoms with Gasteiger partial charge in [0.05, 0.1) is 0 Å². The van der Waals surface area contributed by atoms with E-state index in [9.17, 15) is 0 Å². The topological polar surface area (TPSA) is 200 Å². The minimum atomic E-state index is 0. The van der Waals surface area contributed by atoms with Gasteiger partial charge in [-0.2, -0.15) is 19.8 Å². The summed E-state index contributed by atoms with van der Waals surface area (Å²) in [5.74, 6) is 0. The molecule has 0 bridgehead atoms. The van der Waals surface area contributed by atoms with Gasteiger partial charge in [-0.1, -0.05) is 0 Å². The molecular weight excluding hydrogens is 407 g/mol. The van der Waals surface area contributed by atoms with Crippen LogP contribution in [0.3, 0.4) is 0 Å². The first-order valence-corrected chi connectivity index (χ1v) is 0. The van der Waals surface area contributed by atoms with Crippen molar-refractivity contribution in [3.63, 3.8) is 0 Å². The van der Waals surface area contributed by atoms with Crippen molar-refractivity contribution in [3.8, 4) is 0 Å². The van der Waals surface area contributed by atoms with Crippen LogP contribution in [0.2, 0.25) is 0 Å². The minimum Gasteiger partial charge on any atom is -2.00 e. The monoisotopic (exact) mass is 410 g/mol. The van der Waals surface area contributed by atoms with Gasteiger partial charge >= 0.3 is 39.0 Å². The molecule has 2 radical (unpaired) electrons. The molecule has 0 rings (SSSR count). The predicted molar refractivity (Wildman–Crippen MR) is 27.0 cm³/mol. The molecule has 0 aromatic rings. The zero-order valence-corrected chi connectivity index (χ0v) is 18.1. The van der Waals surface area contributed by atoms with Gasteiger partial charge in [0.1, 0.15) is 0 Å². The minimum absolute atomic E-state index is 0. The number of hydrogen-bond donors (Lipinski definition) is 0. The molecule has 13 heteroatoms. The SMILES string of the molecule is P.P.[O-2].[O-2].[O-2].[O-2].[O-2].[O-2].[O-2].[V].[V].[Zn+2].[Zn+2]. The smallest absolute Gasteiger partial charge is 2.00 e. The normalized spacial score (nSPS) is 0. The summed E-state index contributed by atoms with van der Waals surface area (Å²) in [5, 5.41) is 0. The third-order valence-electron chi connectivity index (χ3n) is 0. The molecule has 2 unspecified atom stereocenters. The van der Waals surface area contributed by atoms with Crippen molar-refractivity contribution >= 4 is 19.8 Å². The van der Waals surface area contributed by atoms with Gasteiger partial charge in [0.2, 0.25) is 0 Å². The van der Waals surface area contributed by atoms with Gasteiger partial charge in [0.25, 0.3) is 0 Å². The quantitative estimate of drug-likeness (QED) is 0.357. The second kappa shape index (κ2) is 327. The largest absolute Gasteiger partial charge is 2.00 e. The molecule has 0 aliphatic heterocycles. The maximum Gasteiger partial charge on any atom is 2.00 e. The molecule has 7 nitrogen and oxygen atoms in total. The molecule has 2 atom stereocenters. The van der Waals surface area contributed by atoms with Gasteiger partial charge in [-0.05, 0) is 0 Å². The van der Waals surface area contributed by atoms with Gasteiger partial charge in [-0.3, -0.25) is 0 Å². The van der Waals surface area contributed by atoms with Crippen LogP contribution < -0.4 is 0 Å². The molecule has 82 valence electrons. The molecule has 0 N–H and O–H groups in total. The van der Waals surface area contributed by atoms with Crippen molar-refractivity contribution in [2.24, 2.45) is 0 Å². The molecule has 0 aliphatic rings. The molecule has 0 aliphatic carbocycles. The Morgan fingerprint density at radius 3 is 0.308 bits per heavy atom. The van der Waals surface area contributed by atoms with Crippen LogP contribution in [0.5, 0.6) is 0 Å². The van der Waals surface area contributed by atoms with Gasteiger partial charge < -0.3 is 38.3 Å². The number of hydrogen-bond acceptors (Lipinski definition) is 0. The van der Waals surface area contributed by atoms with Crippen molar-refractivity contribution in [3.05, 3.63) is 0 Å². The van der Waals surface area contributed by atoms with E-state index in [-0.39, 0.29) is 134 Å². The Kier molecular flexibility index (Phi) is 10100. The third-order valence-corrected chi connectivity index (χ3v) is 0. The second-order valence-electron chi connectivity index (χ2n) is 0. The Hall–Kier alpha value is 3.00. The zero-order chi connectivity index (χ0) is 0. The van der Waals surface area contributed by atoms with Gasteiger partial charge in [-0.15, -0.1) is 0 Å². The van der Waals surface area contributed by atoms with E-state index in [0.29, 0.717) is 0 Å². The van der Waals surface area contributed by atoms with Crippen LogP contribution in [0, 0.1) is 0 Å². The van der Waals surface area contributed by atoms with Crippen LogP contribution in [0.4, 0.5) is 0 Å². The van der Waals surface area contributed by atoms with Gasteiger partial charge in [0.15, 0.2) is 0 Å². The summed E-state index contributed by atoms with van der Waals surface area (Å²) in [7, 11) is 0. The maximum absolute atomic E-state index is 0. The molecule has 13 heavy (non-hydrogen) atoms. The Morgan fingerprint density at radius 1 is 0.308 bits per heavy atom. The Balaban J connectivity index is 0. The Labute approximate surface area is 133 Å². The fraction of sp³-hybridized carbons (Fsp3) is 0. The standard InChI is InChI=1S/7O.2H3P.2V.2Zn/h;;;;;;;2*1H3;;;;/q7*-2;;;;;2*+2. The van der Waals surface area contributed by atoms with E-state index in [0.717, 1.165) is 0 Å². The van der Waals surface area contributed by atoms with E-state index in [1.807, 2.05) is 0 Å². The predicted octanol–water partition coefficient (Wildman–Crippen LogP) is -0.725. The van der Waals surface area contributed by atoms with Crippen LogP contribution >= 0.6 is 19.8 Å². The van der Waals surface area contributed by atoms with Crippen LogP contribution in [0.15, 0.2) is 0 Å². The van der Waals surface area contributed by atoms with E-state index in [4.69, 9.17) is 0 Å². The van der Waals surface area contributed by atoms with Crippen molar-refractivity contribution in [2.75, 3.05) is 0 Å². The zero-order valence-electron chi connectivity index (χ0n) is 6.58. The van der Waals surface area contributed by atoms with Crippen molar-refractivity contribution in [2.45, 2.75) is 0 Å². The summed E-state index contributed by atoms with van der Waals surface area (Å²) >= 11 is 0. The van der Waals surface area contributed by atoms with Gasteiger partial charge in [0, 0.05) is 37.1 Å². The molecule has 0 spiro atoms.